The number of piperazine rings is 1. The summed E-state index contributed by atoms with van der Waals surface area (Å²) < 4.78 is 9.69. The van der Waals surface area contributed by atoms with Crippen molar-refractivity contribution in [3.8, 4) is 0 Å². The lowest BCUT2D eigenvalue weighted by atomic mass is 10.3. The summed E-state index contributed by atoms with van der Waals surface area (Å²) >= 11 is 0. The quantitative estimate of drug-likeness (QED) is 0.709. The second kappa shape index (κ2) is 4.42. The second-order valence-corrected chi connectivity index (χ2v) is 3.74. The van der Waals surface area contributed by atoms with E-state index in [0.29, 0.717) is 13.1 Å². The maximum absolute atomic E-state index is 11.3. The van der Waals surface area contributed by atoms with Crippen molar-refractivity contribution in [2.75, 3.05) is 38.2 Å². The van der Waals surface area contributed by atoms with Gasteiger partial charge in [-0.2, -0.15) is 0 Å². The van der Waals surface area contributed by atoms with E-state index in [2.05, 4.69) is 14.8 Å². The summed E-state index contributed by atoms with van der Waals surface area (Å²) in [6.07, 6.45) is -0.268. The molecule has 0 bridgehead atoms. The highest BCUT2D eigenvalue weighted by Gasteiger charge is 2.22. The summed E-state index contributed by atoms with van der Waals surface area (Å²) in [5.74, 6) is 1.63. The van der Waals surface area contributed by atoms with Crippen molar-refractivity contribution >= 4 is 11.9 Å². The van der Waals surface area contributed by atoms with E-state index in [1.807, 2.05) is 13.0 Å². The fourth-order valence-corrected chi connectivity index (χ4v) is 1.75. The maximum atomic E-state index is 11.3. The number of amides is 1. The minimum Gasteiger partial charge on any atom is -0.453 e. The summed E-state index contributed by atoms with van der Waals surface area (Å²) in [7, 11) is 1.40. The van der Waals surface area contributed by atoms with Gasteiger partial charge in [-0.25, -0.2) is 4.79 Å². The first kappa shape index (κ1) is 10.8. The van der Waals surface area contributed by atoms with E-state index in [1.54, 1.807) is 4.90 Å². The number of hydrogen-bond donors (Lipinski definition) is 0. The number of rotatable bonds is 1. The van der Waals surface area contributed by atoms with Gasteiger partial charge in [-0.15, -0.1) is 0 Å². The minimum absolute atomic E-state index is 0.268. The standard InChI is InChI=1S/C10H15N3O3/c1-8-7-9(11-16-8)12-3-5-13(6-4-12)10(14)15-2/h7H,3-6H2,1-2H3. The number of anilines is 1. The van der Waals surface area contributed by atoms with Crippen molar-refractivity contribution in [3.63, 3.8) is 0 Å². The average molecular weight is 225 g/mol. The van der Waals surface area contributed by atoms with Crippen LogP contribution in [0.4, 0.5) is 10.6 Å². The molecule has 1 aromatic rings. The topological polar surface area (TPSA) is 58.8 Å². The molecule has 88 valence electrons. The van der Waals surface area contributed by atoms with E-state index < -0.39 is 0 Å². The normalized spacial score (nSPS) is 16.4. The van der Waals surface area contributed by atoms with Crippen LogP contribution in [0.3, 0.4) is 0 Å². The Bertz CT molecular complexity index is 369. The number of aryl methyl sites for hydroxylation is 1. The van der Waals surface area contributed by atoms with Gasteiger partial charge in [0.25, 0.3) is 0 Å². The van der Waals surface area contributed by atoms with Gasteiger partial charge in [-0.05, 0) is 6.92 Å². The first-order valence-electron chi connectivity index (χ1n) is 5.22. The lowest BCUT2D eigenvalue weighted by Crippen LogP contribution is -2.48. The molecular weight excluding hydrogens is 210 g/mol. The smallest absolute Gasteiger partial charge is 0.409 e. The van der Waals surface area contributed by atoms with Crippen molar-refractivity contribution in [3.05, 3.63) is 11.8 Å². The van der Waals surface area contributed by atoms with Crippen LogP contribution in [-0.4, -0.2) is 49.4 Å². The minimum atomic E-state index is -0.268. The maximum Gasteiger partial charge on any atom is 0.409 e. The first-order chi connectivity index (χ1) is 7.70. The van der Waals surface area contributed by atoms with E-state index in [-0.39, 0.29) is 6.09 Å². The van der Waals surface area contributed by atoms with Gasteiger partial charge >= 0.3 is 6.09 Å². The van der Waals surface area contributed by atoms with E-state index >= 15 is 0 Å². The predicted octanol–water partition coefficient (Wildman–Crippen LogP) is 0.871. The Hall–Kier alpha value is -1.72. The second-order valence-electron chi connectivity index (χ2n) is 3.74. The lowest BCUT2D eigenvalue weighted by Gasteiger charge is -2.33. The van der Waals surface area contributed by atoms with Crippen LogP contribution in [0.1, 0.15) is 5.76 Å². The Morgan fingerprint density at radius 2 is 2.12 bits per heavy atom. The Labute approximate surface area is 93.7 Å². The van der Waals surface area contributed by atoms with Gasteiger partial charge < -0.3 is 19.1 Å². The molecule has 2 heterocycles. The van der Waals surface area contributed by atoms with Gasteiger partial charge in [0.15, 0.2) is 5.82 Å². The van der Waals surface area contributed by atoms with Crippen molar-refractivity contribution < 1.29 is 14.1 Å². The number of aromatic nitrogens is 1. The SMILES string of the molecule is COC(=O)N1CCN(c2cc(C)on2)CC1. The molecule has 0 aliphatic carbocycles. The molecule has 6 heteroatoms. The molecule has 6 nitrogen and oxygen atoms in total. The molecule has 1 fully saturated rings. The van der Waals surface area contributed by atoms with Gasteiger partial charge in [0.2, 0.25) is 0 Å². The Morgan fingerprint density at radius 3 is 2.62 bits per heavy atom. The fourth-order valence-electron chi connectivity index (χ4n) is 1.75. The molecule has 1 aliphatic rings. The van der Waals surface area contributed by atoms with Crippen molar-refractivity contribution in [2.24, 2.45) is 0 Å². The van der Waals surface area contributed by atoms with Crippen LogP contribution in [0.15, 0.2) is 10.6 Å². The third kappa shape index (κ3) is 2.10. The molecular formula is C10H15N3O3. The number of carbonyl (C=O) groups is 1. The van der Waals surface area contributed by atoms with Gasteiger partial charge in [-0.1, -0.05) is 5.16 Å². The molecule has 0 N–H and O–H groups in total. The van der Waals surface area contributed by atoms with Crippen LogP contribution in [0.25, 0.3) is 0 Å². The van der Waals surface area contributed by atoms with E-state index in [4.69, 9.17) is 4.52 Å². The number of carbonyl (C=O) groups excluding carboxylic acids is 1. The van der Waals surface area contributed by atoms with E-state index in [1.165, 1.54) is 7.11 Å². The largest absolute Gasteiger partial charge is 0.453 e. The molecule has 16 heavy (non-hydrogen) atoms. The van der Waals surface area contributed by atoms with Gasteiger partial charge in [0.05, 0.1) is 7.11 Å². The van der Waals surface area contributed by atoms with Crippen molar-refractivity contribution in [2.45, 2.75) is 6.92 Å². The zero-order valence-corrected chi connectivity index (χ0v) is 9.47. The Kier molecular flexibility index (Phi) is 2.98. The molecule has 1 aliphatic heterocycles. The van der Waals surface area contributed by atoms with Crippen LogP contribution in [0.2, 0.25) is 0 Å². The summed E-state index contributed by atoms with van der Waals surface area (Å²) in [6, 6.07) is 1.90. The molecule has 1 amide bonds. The molecule has 0 spiro atoms. The highest BCUT2D eigenvalue weighted by atomic mass is 16.5. The number of hydrogen-bond acceptors (Lipinski definition) is 5. The molecule has 1 aromatic heterocycles. The summed E-state index contributed by atoms with van der Waals surface area (Å²) in [4.78, 5) is 15.0. The number of methoxy groups -OCH3 is 1. The predicted molar refractivity (Wildman–Crippen MR) is 57.4 cm³/mol. The van der Waals surface area contributed by atoms with Crippen LogP contribution in [-0.2, 0) is 4.74 Å². The van der Waals surface area contributed by atoms with Gasteiger partial charge in [0, 0.05) is 32.2 Å². The monoisotopic (exact) mass is 225 g/mol. The van der Waals surface area contributed by atoms with Crippen LogP contribution < -0.4 is 4.90 Å². The average Bonchev–Trinajstić information content (AvgIpc) is 2.75. The summed E-state index contributed by atoms with van der Waals surface area (Å²) in [5.41, 5.74) is 0. The molecule has 2 rings (SSSR count). The molecule has 0 saturated carbocycles. The molecule has 0 atom stereocenters. The molecule has 0 aromatic carbocycles. The summed E-state index contributed by atoms with van der Waals surface area (Å²) in [6.45, 7) is 4.67. The van der Waals surface area contributed by atoms with Gasteiger partial charge in [-0.3, -0.25) is 0 Å². The lowest BCUT2D eigenvalue weighted by molar-refractivity contribution is 0.121. The number of ether oxygens (including phenoxy) is 1. The zero-order valence-electron chi connectivity index (χ0n) is 9.47. The summed E-state index contributed by atoms with van der Waals surface area (Å²) in [5, 5.41) is 3.95. The van der Waals surface area contributed by atoms with Crippen molar-refractivity contribution in [1.82, 2.24) is 10.1 Å². The molecule has 1 saturated heterocycles. The third-order valence-corrected chi connectivity index (χ3v) is 2.65. The van der Waals surface area contributed by atoms with Crippen LogP contribution in [0, 0.1) is 6.92 Å². The highest BCUT2D eigenvalue weighted by Crippen LogP contribution is 2.15. The van der Waals surface area contributed by atoms with E-state index in [9.17, 15) is 4.79 Å². The van der Waals surface area contributed by atoms with Crippen LogP contribution in [0.5, 0.6) is 0 Å². The first-order valence-corrected chi connectivity index (χ1v) is 5.22. The number of nitrogens with zero attached hydrogens (tertiary/aromatic N) is 3. The molecule has 0 radical (unpaired) electrons. The molecule has 0 unspecified atom stereocenters. The third-order valence-electron chi connectivity index (χ3n) is 2.65. The van der Waals surface area contributed by atoms with E-state index in [0.717, 1.165) is 24.7 Å². The Morgan fingerprint density at radius 1 is 1.44 bits per heavy atom. The van der Waals surface area contributed by atoms with Crippen LogP contribution >= 0.6 is 0 Å². The van der Waals surface area contributed by atoms with Gasteiger partial charge in [0.1, 0.15) is 5.76 Å². The fraction of sp³-hybridized carbons (Fsp3) is 0.600. The highest BCUT2D eigenvalue weighted by molar-refractivity contribution is 5.67. The Balaban J connectivity index is 1.92. The van der Waals surface area contributed by atoms with Crippen molar-refractivity contribution in [1.29, 1.82) is 0 Å². The zero-order chi connectivity index (χ0) is 11.5.